The zero-order valence-electron chi connectivity index (χ0n) is 31.7. The van der Waals surface area contributed by atoms with E-state index in [9.17, 15) is 9.59 Å². The van der Waals surface area contributed by atoms with Crippen LogP contribution in [0.2, 0.25) is 0 Å². The molecule has 0 aromatic carbocycles. The molecule has 0 saturated heterocycles. The summed E-state index contributed by atoms with van der Waals surface area (Å²) in [6.45, 7) is 12.0. The van der Waals surface area contributed by atoms with Gasteiger partial charge in [-0.15, -0.1) is 0 Å². The Hall–Kier alpha value is -1.41. The van der Waals surface area contributed by atoms with Crippen molar-refractivity contribution in [1.82, 2.24) is 15.1 Å². The zero-order valence-corrected chi connectivity index (χ0v) is 32.5. The van der Waals surface area contributed by atoms with Gasteiger partial charge in [0.05, 0.1) is 19.1 Å². The second kappa shape index (κ2) is 34.5. The molecule has 0 amide bonds. The van der Waals surface area contributed by atoms with Gasteiger partial charge >= 0.3 is 11.9 Å². The molecule has 0 aromatic heterocycles. The molecule has 278 valence electrons. The highest BCUT2D eigenvalue weighted by molar-refractivity contribution is 7.80. The lowest BCUT2D eigenvalue weighted by Crippen LogP contribution is -2.36. The molecule has 8 heteroatoms. The van der Waals surface area contributed by atoms with Gasteiger partial charge < -0.3 is 24.6 Å². The summed E-state index contributed by atoms with van der Waals surface area (Å²) in [6.07, 6.45) is 26.6. The molecule has 7 nitrogen and oxygen atoms in total. The summed E-state index contributed by atoms with van der Waals surface area (Å²) in [6, 6.07) is 0. The number of carbonyl (C=O) groups excluding carboxylic acids is 2. The number of nitrogens with one attached hydrogen (secondary N) is 1. The monoisotopic (exact) mass is 684 g/mol. The van der Waals surface area contributed by atoms with Gasteiger partial charge in [-0.1, -0.05) is 117 Å². The maximum atomic E-state index is 12.6. The molecule has 0 aromatic rings. The van der Waals surface area contributed by atoms with Crippen LogP contribution < -0.4 is 5.32 Å². The van der Waals surface area contributed by atoms with Crippen molar-refractivity contribution in [2.24, 2.45) is 5.92 Å². The van der Waals surface area contributed by atoms with Gasteiger partial charge in [-0.3, -0.25) is 9.59 Å². The average molecular weight is 684 g/mol. The van der Waals surface area contributed by atoms with Crippen LogP contribution in [0.3, 0.4) is 0 Å². The van der Waals surface area contributed by atoms with Crippen LogP contribution in [0, 0.1) is 5.92 Å². The largest absolute Gasteiger partial charge is 0.466 e. The molecule has 0 heterocycles. The molecule has 1 atom stereocenters. The number of rotatable bonds is 34. The fourth-order valence-electron chi connectivity index (χ4n) is 5.82. The highest BCUT2D eigenvalue weighted by Crippen LogP contribution is 2.19. The fraction of sp³-hybridized carbons (Fsp3) is 0.923. The Kier molecular flexibility index (Phi) is 33.4. The summed E-state index contributed by atoms with van der Waals surface area (Å²) in [4.78, 5) is 29.2. The van der Waals surface area contributed by atoms with Crippen molar-refractivity contribution < 1.29 is 19.1 Å². The molecule has 0 aliphatic rings. The minimum Gasteiger partial charge on any atom is -0.466 e. The first-order valence-corrected chi connectivity index (χ1v) is 20.3. The molecule has 0 fully saturated rings. The van der Waals surface area contributed by atoms with Gasteiger partial charge in [0.25, 0.3) is 0 Å². The van der Waals surface area contributed by atoms with E-state index in [4.69, 9.17) is 21.7 Å². The SMILES string of the molecule is CCCCCCCOC(=O)CCCCCCCN(CCCCCCCOC(=O)C(CCCC)CCCCC)CCCNC(=S)N(C)C. The molecule has 0 aliphatic carbocycles. The molecule has 1 unspecified atom stereocenters. The highest BCUT2D eigenvalue weighted by atomic mass is 32.1. The van der Waals surface area contributed by atoms with Crippen LogP contribution in [-0.4, -0.2) is 80.3 Å². The highest BCUT2D eigenvalue weighted by Gasteiger charge is 2.19. The van der Waals surface area contributed by atoms with Crippen molar-refractivity contribution in [2.45, 2.75) is 175 Å². The number of thiocarbonyl (C=S) groups is 1. The first kappa shape index (κ1) is 45.6. The van der Waals surface area contributed by atoms with E-state index in [2.05, 4.69) is 31.0 Å². The zero-order chi connectivity index (χ0) is 34.8. The minimum atomic E-state index is -0.0242. The number of carbonyl (C=O) groups is 2. The van der Waals surface area contributed by atoms with E-state index in [1.54, 1.807) is 0 Å². The summed E-state index contributed by atoms with van der Waals surface area (Å²) in [5, 5.41) is 4.15. The van der Waals surface area contributed by atoms with Crippen LogP contribution in [-0.2, 0) is 19.1 Å². The Morgan fingerprint density at radius 2 is 1.09 bits per heavy atom. The predicted octanol–water partition coefficient (Wildman–Crippen LogP) is 9.85. The molecule has 0 saturated carbocycles. The third-order valence-corrected chi connectivity index (χ3v) is 9.47. The van der Waals surface area contributed by atoms with Gasteiger partial charge in [-0.05, 0) is 83.2 Å². The summed E-state index contributed by atoms with van der Waals surface area (Å²) < 4.78 is 11.1. The molecule has 47 heavy (non-hydrogen) atoms. The standard InChI is InChI=1S/C39H77N3O4S/c1-6-9-12-18-24-34-45-37(43)29-21-15-13-16-22-31-42(33-26-30-40-39(47)41(4)5)32-23-17-14-19-25-35-46-38(44)36(27-11-8-3)28-20-10-7-2/h36H,6-35H2,1-5H3,(H,40,47). The van der Waals surface area contributed by atoms with E-state index in [-0.39, 0.29) is 17.9 Å². The second-order valence-electron chi connectivity index (χ2n) is 13.7. The summed E-state index contributed by atoms with van der Waals surface area (Å²) >= 11 is 5.37. The smallest absolute Gasteiger partial charge is 0.308 e. The van der Waals surface area contributed by atoms with E-state index in [0.29, 0.717) is 19.6 Å². The summed E-state index contributed by atoms with van der Waals surface area (Å²) in [5.41, 5.74) is 0. The predicted molar refractivity (Wildman–Crippen MR) is 204 cm³/mol. The average Bonchev–Trinajstić information content (AvgIpc) is 3.06. The lowest BCUT2D eigenvalue weighted by Gasteiger charge is -2.23. The number of nitrogens with zero attached hydrogens (tertiary/aromatic N) is 2. The Bertz CT molecular complexity index is 737. The lowest BCUT2D eigenvalue weighted by molar-refractivity contribution is -0.149. The van der Waals surface area contributed by atoms with E-state index in [1.807, 2.05) is 19.0 Å². The summed E-state index contributed by atoms with van der Waals surface area (Å²) in [7, 11) is 3.95. The van der Waals surface area contributed by atoms with Crippen molar-refractivity contribution in [3.63, 3.8) is 0 Å². The molecule has 0 bridgehead atoms. The van der Waals surface area contributed by atoms with Gasteiger partial charge in [0.1, 0.15) is 0 Å². The molecule has 1 N–H and O–H groups in total. The minimum absolute atomic E-state index is 0.0242. The van der Waals surface area contributed by atoms with Crippen molar-refractivity contribution in [2.75, 3.05) is 53.5 Å². The third-order valence-electron chi connectivity index (χ3n) is 8.96. The quantitative estimate of drug-likeness (QED) is 0.0408. The van der Waals surface area contributed by atoms with Gasteiger partial charge in [-0.25, -0.2) is 0 Å². The molecular weight excluding hydrogens is 607 g/mol. The third kappa shape index (κ3) is 30.4. The van der Waals surface area contributed by atoms with Gasteiger partial charge in [0, 0.05) is 27.1 Å². The van der Waals surface area contributed by atoms with E-state index < -0.39 is 0 Å². The van der Waals surface area contributed by atoms with Gasteiger partial charge in [0.2, 0.25) is 0 Å². The fourth-order valence-corrected chi connectivity index (χ4v) is 5.92. The molecule has 0 rings (SSSR count). The molecule has 0 aliphatic heterocycles. The Balaban J connectivity index is 4.21. The van der Waals surface area contributed by atoms with Crippen LogP contribution >= 0.6 is 12.2 Å². The number of ether oxygens (including phenoxy) is 2. The Morgan fingerprint density at radius 3 is 1.70 bits per heavy atom. The Morgan fingerprint density at radius 1 is 0.596 bits per heavy atom. The maximum absolute atomic E-state index is 12.6. The van der Waals surface area contributed by atoms with E-state index >= 15 is 0 Å². The van der Waals surface area contributed by atoms with Crippen LogP contribution in [0.5, 0.6) is 0 Å². The normalized spacial score (nSPS) is 11.9. The van der Waals surface area contributed by atoms with Crippen molar-refractivity contribution in [1.29, 1.82) is 0 Å². The maximum Gasteiger partial charge on any atom is 0.308 e. The molecule has 0 radical (unpaired) electrons. The topological polar surface area (TPSA) is 71.1 Å². The Labute approximate surface area is 297 Å². The number of unbranched alkanes of at least 4 members (excludes halogenated alkanes) is 15. The van der Waals surface area contributed by atoms with Crippen LogP contribution in [0.1, 0.15) is 175 Å². The van der Waals surface area contributed by atoms with Gasteiger partial charge in [-0.2, -0.15) is 0 Å². The summed E-state index contributed by atoms with van der Waals surface area (Å²) in [5.74, 6) is 0.112. The first-order chi connectivity index (χ1) is 22.8. The number of hydrogen-bond acceptors (Lipinski definition) is 6. The van der Waals surface area contributed by atoms with E-state index in [0.717, 1.165) is 108 Å². The lowest BCUT2D eigenvalue weighted by atomic mass is 9.95. The van der Waals surface area contributed by atoms with Crippen molar-refractivity contribution in [3.8, 4) is 0 Å². The van der Waals surface area contributed by atoms with Crippen LogP contribution in [0.15, 0.2) is 0 Å². The number of esters is 2. The van der Waals surface area contributed by atoms with Gasteiger partial charge in [0.15, 0.2) is 5.11 Å². The van der Waals surface area contributed by atoms with Crippen molar-refractivity contribution in [3.05, 3.63) is 0 Å². The van der Waals surface area contributed by atoms with Crippen molar-refractivity contribution >= 4 is 29.3 Å². The van der Waals surface area contributed by atoms with Crippen LogP contribution in [0.25, 0.3) is 0 Å². The van der Waals surface area contributed by atoms with Crippen LogP contribution in [0.4, 0.5) is 0 Å². The number of hydrogen-bond donors (Lipinski definition) is 1. The van der Waals surface area contributed by atoms with E-state index in [1.165, 1.54) is 70.6 Å². The second-order valence-corrected chi connectivity index (χ2v) is 14.1. The first-order valence-electron chi connectivity index (χ1n) is 19.8. The molecule has 0 spiro atoms. The molecular formula is C39H77N3O4S.